The standard InChI is InChI=1S/C14H18N4O3/c1-4-20-14(19)10-5-6-16-13(12(10)15)17-7-11-18-8(2)9(3)21-11/h5-6H,4,7,15H2,1-3H3,(H,16,17). The number of nitrogens with one attached hydrogen (secondary N) is 1. The number of esters is 1. The summed E-state index contributed by atoms with van der Waals surface area (Å²) >= 11 is 0. The van der Waals surface area contributed by atoms with Gasteiger partial charge in [0.15, 0.2) is 0 Å². The van der Waals surface area contributed by atoms with Crippen LogP contribution in [0.25, 0.3) is 0 Å². The summed E-state index contributed by atoms with van der Waals surface area (Å²) in [5.41, 5.74) is 7.31. The molecule has 0 atom stereocenters. The highest BCUT2D eigenvalue weighted by molar-refractivity contribution is 5.97. The van der Waals surface area contributed by atoms with Crippen molar-refractivity contribution in [3.63, 3.8) is 0 Å². The van der Waals surface area contributed by atoms with Gasteiger partial charge in [-0.3, -0.25) is 0 Å². The Morgan fingerprint density at radius 2 is 2.24 bits per heavy atom. The van der Waals surface area contributed by atoms with Crippen LogP contribution in [0.15, 0.2) is 16.7 Å². The molecule has 0 aliphatic heterocycles. The molecule has 3 N–H and O–H groups in total. The number of hydrogen-bond donors (Lipinski definition) is 2. The Balaban J connectivity index is 2.13. The number of aromatic nitrogens is 2. The van der Waals surface area contributed by atoms with Gasteiger partial charge in [-0.15, -0.1) is 0 Å². The van der Waals surface area contributed by atoms with E-state index in [-0.39, 0.29) is 17.9 Å². The molecule has 0 spiro atoms. The zero-order valence-corrected chi connectivity index (χ0v) is 12.3. The zero-order chi connectivity index (χ0) is 15.4. The van der Waals surface area contributed by atoms with Gasteiger partial charge in [0, 0.05) is 6.20 Å². The molecule has 2 aromatic rings. The number of ether oxygens (including phenoxy) is 1. The highest BCUT2D eigenvalue weighted by Crippen LogP contribution is 2.21. The summed E-state index contributed by atoms with van der Waals surface area (Å²) in [6.07, 6.45) is 1.50. The number of hydrogen-bond acceptors (Lipinski definition) is 7. The number of carbonyl (C=O) groups excluding carboxylic acids is 1. The number of aryl methyl sites for hydroxylation is 2. The molecule has 112 valence electrons. The smallest absolute Gasteiger partial charge is 0.340 e. The van der Waals surface area contributed by atoms with Gasteiger partial charge in [0.25, 0.3) is 0 Å². The fourth-order valence-corrected chi connectivity index (χ4v) is 1.78. The van der Waals surface area contributed by atoms with Gasteiger partial charge >= 0.3 is 5.97 Å². The molecule has 0 saturated heterocycles. The fraction of sp³-hybridized carbons (Fsp3) is 0.357. The molecule has 0 aliphatic carbocycles. The molecule has 0 aliphatic rings. The third kappa shape index (κ3) is 3.31. The number of nitrogen functional groups attached to an aromatic ring is 1. The number of oxazole rings is 1. The molecule has 0 radical (unpaired) electrons. The highest BCUT2D eigenvalue weighted by atomic mass is 16.5. The minimum Gasteiger partial charge on any atom is -0.462 e. The number of nitrogens with two attached hydrogens (primary N) is 1. The summed E-state index contributed by atoms with van der Waals surface area (Å²) < 4.78 is 10.4. The Morgan fingerprint density at radius 1 is 1.48 bits per heavy atom. The molecule has 2 aromatic heterocycles. The van der Waals surface area contributed by atoms with Crippen LogP contribution in [-0.4, -0.2) is 22.5 Å². The molecule has 2 heterocycles. The van der Waals surface area contributed by atoms with Crippen LogP contribution in [0.1, 0.15) is 34.6 Å². The number of anilines is 2. The first kappa shape index (κ1) is 14.8. The monoisotopic (exact) mass is 290 g/mol. The second-order valence-electron chi connectivity index (χ2n) is 4.44. The van der Waals surface area contributed by atoms with Crippen LogP contribution >= 0.6 is 0 Å². The van der Waals surface area contributed by atoms with Gasteiger partial charge in [-0.2, -0.15) is 0 Å². The number of pyridine rings is 1. The first-order valence-corrected chi connectivity index (χ1v) is 6.61. The molecule has 0 bridgehead atoms. The van der Waals surface area contributed by atoms with E-state index in [1.54, 1.807) is 6.92 Å². The van der Waals surface area contributed by atoms with Crippen LogP contribution in [0.3, 0.4) is 0 Å². The van der Waals surface area contributed by atoms with Crippen LogP contribution < -0.4 is 11.1 Å². The van der Waals surface area contributed by atoms with Crippen molar-refractivity contribution in [1.29, 1.82) is 0 Å². The van der Waals surface area contributed by atoms with Gasteiger partial charge in [0.05, 0.1) is 30.1 Å². The molecule has 0 aromatic carbocycles. The average Bonchev–Trinajstić information content (AvgIpc) is 2.77. The van der Waals surface area contributed by atoms with E-state index in [0.29, 0.717) is 18.3 Å². The lowest BCUT2D eigenvalue weighted by atomic mass is 10.2. The number of carbonyl (C=O) groups is 1. The molecule has 7 nitrogen and oxygen atoms in total. The van der Waals surface area contributed by atoms with Crippen molar-refractivity contribution in [2.45, 2.75) is 27.3 Å². The Kier molecular flexibility index (Phi) is 4.42. The van der Waals surface area contributed by atoms with Crippen molar-refractivity contribution in [2.75, 3.05) is 17.7 Å². The maximum atomic E-state index is 11.8. The maximum absolute atomic E-state index is 11.8. The summed E-state index contributed by atoms with van der Waals surface area (Å²) in [5.74, 6) is 1.23. The van der Waals surface area contributed by atoms with E-state index in [0.717, 1.165) is 11.5 Å². The maximum Gasteiger partial charge on any atom is 0.340 e. The molecule has 0 fully saturated rings. The summed E-state index contributed by atoms with van der Waals surface area (Å²) in [5, 5.41) is 3.01. The van der Waals surface area contributed by atoms with Crippen molar-refractivity contribution in [2.24, 2.45) is 0 Å². The topological polar surface area (TPSA) is 103 Å². The molecule has 0 amide bonds. The van der Waals surface area contributed by atoms with E-state index < -0.39 is 5.97 Å². The number of nitrogens with zero attached hydrogens (tertiary/aromatic N) is 2. The molecular formula is C14H18N4O3. The first-order chi connectivity index (χ1) is 10.0. The summed E-state index contributed by atoms with van der Waals surface area (Å²) in [6.45, 7) is 6.08. The molecule has 2 rings (SSSR count). The second kappa shape index (κ2) is 6.25. The van der Waals surface area contributed by atoms with E-state index in [1.165, 1.54) is 12.3 Å². The van der Waals surface area contributed by atoms with Gasteiger partial charge in [-0.1, -0.05) is 0 Å². The van der Waals surface area contributed by atoms with Crippen LogP contribution in [0.4, 0.5) is 11.5 Å². The Morgan fingerprint density at radius 3 is 2.86 bits per heavy atom. The van der Waals surface area contributed by atoms with Crippen molar-refractivity contribution < 1.29 is 13.9 Å². The van der Waals surface area contributed by atoms with E-state index >= 15 is 0 Å². The third-order valence-corrected chi connectivity index (χ3v) is 2.97. The number of rotatable bonds is 5. The minimum atomic E-state index is -0.469. The van der Waals surface area contributed by atoms with E-state index in [1.807, 2.05) is 13.8 Å². The molecule has 0 saturated carbocycles. The van der Waals surface area contributed by atoms with Gasteiger partial charge in [0.2, 0.25) is 5.89 Å². The van der Waals surface area contributed by atoms with Crippen molar-refractivity contribution in [1.82, 2.24) is 9.97 Å². The molecule has 7 heteroatoms. The van der Waals surface area contributed by atoms with Gasteiger partial charge < -0.3 is 20.2 Å². The Hall–Kier alpha value is -2.57. The predicted molar refractivity (Wildman–Crippen MR) is 77.9 cm³/mol. The van der Waals surface area contributed by atoms with E-state index in [4.69, 9.17) is 14.9 Å². The van der Waals surface area contributed by atoms with Crippen LogP contribution in [0.2, 0.25) is 0 Å². The molecule has 0 unspecified atom stereocenters. The largest absolute Gasteiger partial charge is 0.462 e. The van der Waals surface area contributed by atoms with Gasteiger partial charge in [-0.05, 0) is 26.8 Å². The van der Waals surface area contributed by atoms with Crippen LogP contribution in [-0.2, 0) is 11.3 Å². The predicted octanol–water partition coefficient (Wildman–Crippen LogP) is 2.06. The summed E-state index contributed by atoms with van der Waals surface area (Å²) in [4.78, 5) is 20.1. The van der Waals surface area contributed by atoms with E-state index in [9.17, 15) is 4.79 Å². The second-order valence-corrected chi connectivity index (χ2v) is 4.44. The summed E-state index contributed by atoms with van der Waals surface area (Å²) in [6, 6.07) is 1.53. The quantitative estimate of drug-likeness (QED) is 0.812. The van der Waals surface area contributed by atoms with Crippen molar-refractivity contribution >= 4 is 17.5 Å². The Labute approximate surface area is 122 Å². The highest BCUT2D eigenvalue weighted by Gasteiger charge is 2.15. The van der Waals surface area contributed by atoms with Gasteiger partial charge in [-0.25, -0.2) is 14.8 Å². The summed E-state index contributed by atoms with van der Waals surface area (Å²) in [7, 11) is 0. The molecular weight excluding hydrogens is 272 g/mol. The average molecular weight is 290 g/mol. The first-order valence-electron chi connectivity index (χ1n) is 6.61. The Bertz CT molecular complexity index is 632. The lowest BCUT2D eigenvalue weighted by Crippen LogP contribution is -2.12. The van der Waals surface area contributed by atoms with Crippen LogP contribution in [0.5, 0.6) is 0 Å². The molecule has 21 heavy (non-hydrogen) atoms. The lowest BCUT2D eigenvalue weighted by Gasteiger charge is -2.10. The van der Waals surface area contributed by atoms with Crippen LogP contribution in [0, 0.1) is 13.8 Å². The fourth-order valence-electron chi connectivity index (χ4n) is 1.78. The van der Waals surface area contributed by atoms with E-state index in [2.05, 4.69) is 15.3 Å². The SMILES string of the molecule is CCOC(=O)c1ccnc(NCc2nc(C)c(C)o2)c1N. The van der Waals surface area contributed by atoms with Crippen molar-refractivity contribution in [3.8, 4) is 0 Å². The third-order valence-electron chi connectivity index (χ3n) is 2.97. The van der Waals surface area contributed by atoms with Gasteiger partial charge in [0.1, 0.15) is 11.6 Å². The normalized spacial score (nSPS) is 10.4. The minimum absolute atomic E-state index is 0.246. The zero-order valence-electron chi connectivity index (χ0n) is 12.3. The lowest BCUT2D eigenvalue weighted by molar-refractivity contribution is 0.0527. The van der Waals surface area contributed by atoms with Crippen molar-refractivity contribution in [3.05, 3.63) is 35.2 Å².